The van der Waals surface area contributed by atoms with Crippen molar-refractivity contribution in [3.05, 3.63) is 59.3 Å². The number of anilines is 1. The summed E-state index contributed by atoms with van der Waals surface area (Å²) in [5.41, 5.74) is 0.335. The first-order valence-electron chi connectivity index (χ1n) is 9.99. The molecule has 29 heavy (non-hydrogen) atoms. The Balaban J connectivity index is 1.57. The lowest BCUT2D eigenvalue weighted by molar-refractivity contribution is -0.0363. The minimum atomic E-state index is -0.573. The normalized spacial score (nSPS) is 24.8. The first-order chi connectivity index (χ1) is 13.9. The molecule has 7 heteroatoms. The molecular weight excluding hydrogens is 376 g/mol. The maximum Gasteiger partial charge on any atom is 0.253 e. The fraction of sp³-hybridized carbons (Fsp3) is 0.455. The Bertz CT molecular complexity index is 923. The summed E-state index contributed by atoms with van der Waals surface area (Å²) in [6.45, 7) is 3.56. The van der Waals surface area contributed by atoms with Crippen molar-refractivity contribution in [2.24, 2.45) is 5.41 Å². The van der Waals surface area contributed by atoms with Crippen molar-refractivity contribution in [2.75, 3.05) is 31.1 Å². The SMILES string of the molecule is Cc1cc(C(=O)N2CCC[C@]3(C2)CN(c2ncccc2F)CC[C@H]3O)ccc1F. The molecule has 1 aromatic carbocycles. The number of pyridine rings is 1. The van der Waals surface area contributed by atoms with E-state index in [0.717, 1.165) is 12.8 Å². The number of rotatable bonds is 2. The van der Waals surface area contributed by atoms with E-state index in [1.807, 2.05) is 4.90 Å². The molecule has 2 aliphatic rings. The van der Waals surface area contributed by atoms with Gasteiger partial charge in [-0.2, -0.15) is 0 Å². The molecule has 2 fully saturated rings. The van der Waals surface area contributed by atoms with Gasteiger partial charge in [-0.15, -0.1) is 0 Å². The summed E-state index contributed by atoms with van der Waals surface area (Å²) >= 11 is 0. The highest BCUT2D eigenvalue weighted by atomic mass is 19.1. The van der Waals surface area contributed by atoms with Gasteiger partial charge < -0.3 is 14.9 Å². The largest absolute Gasteiger partial charge is 0.392 e. The molecule has 1 amide bonds. The molecule has 0 saturated carbocycles. The summed E-state index contributed by atoms with van der Waals surface area (Å²) in [6.07, 6.45) is 2.99. The van der Waals surface area contributed by atoms with Crippen molar-refractivity contribution < 1.29 is 18.7 Å². The minimum Gasteiger partial charge on any atom is -0.392 e. The van der Waals surface area contributed by atoms with Crippen LogP contribution in [0.5, 0.6) is 0 Å². The number of nitrogens with zero attached hydrogens (tertiary/aromatic N) is 3. The Morgan fingerprint density at radius 3 is 2.79 bits per heavy atom. The standard InChI is InChI=1S/C22H25F2N3O2/c1-15-12-16(5-6-17(15)23)21(29)27-10-3-8-22(14-27)13-26(11-7-19(22)28)20-18(24)4-2-9-25-20/h2,4-6,9,12,19,28H,3,7-8,10-11,13-14H2,1H3/t19-,22-/m1/s1. The van der Waals surface area contributed by atoms with Gasteiger partial charge in [0.15, 0.2) is 11.6 Å². The number of aliphatic hydroxyl groups is 1. The van der Waals surface area contributed by atoms with Gasteiger partial charge in [0.1, 0.15) is 5.82 Å². The zero-order valence-corrected chi connectivity index (χ0v) is 16.4. The van der Waals surface area contributed by atoms with Crippen molar-refractivity contribution in [3.8, 4) is 0 Å². The molecular formula is C22H25F2N3O2. The first-order valence-corrected chi connectivity index (χ1v) is 9.99. The van der Waals surface area contributed by atoms with Crippen LogP contribution in [-0.4, -0.2) is 53.2 Å². The van der Waals surface area contributed by atoms with Crippen LogP contribution in [0, 0.1) is 24.0 Å². The highest BCUT2D eigenvalue weighted by molar-refractivity contribution is 5.94. The number of carbonyl (C=O) groups is 1. The highest BCUT2D eigenvalue weighted by Crippen LogP contribution is 2.40. The Morgan fingerprint density at radius 1 is 1.21 bits per heavy atom. The van der Waals surface area contributed by atoms with Crippen molar-refractivity contribution in [1.82, 2.24) is 9.88 Å². The molecule has 154 valence electrons. The number of amides is 1. The van der Waals surface area contributed by atoms with Crippen molar-refractivity contribution in [3.63, 3.8) is 0 Å². The molecule has 0 aliphatic carbocycles. The van der Waals surface area contributed by atoms with E-state index in [1.54, 1.807) is 30.2 Å². The lowest BCUT2D eigenvalue weighted by Crippen LogP contribution is -2.60. The van der Waals surface area contributed by atoms with Gasteiger partial charge in [0.05, 0.1) is 6.10 Å². The second-order valence-corrected chi connectivity index (χ2v) is 8.19. The number of hydrogen-bond donors (Lipinski definition) is 1. The van der Waals surface area contributed by atoms with Gasteiger partial charge in [0, 0.05) is 43.4 Å². The van der Waals surface area contributed by atoms with Gasteiger partial charge in [-0.3, -0.25) is 4.79 Å². The molecule has 2 atom stereocenters. The van der Waals surface area contributed by atoms with E-state index in [-0.39, 0.29) is 23.4 Å². The van der Waals surface area contributed by atoms with Gasteiger partial charge in [-0.1, -0.05) is 0 Å². The lowest BCUT2D eigenvalue weighted by Gasteiger charge is -2.51. The molecule has 1 spiro atoms. The number of aryl methyl sites for hydroxylation is 1. The summed E-state index contributed by atoms with van der Waals surface area (Å²) in [5, 5.41) is 10.8. The average molecular weight is 401 g/mol. The molecule has 0 radical (unpaired) electrons. The zero-order chi connectivity index (χ0) is 20.6. The van der Waals surface area contributed by atoms with Crippen molar-refractivity contribution in [1.29, 1.82) is 0 Å². The number of aliphatic hydroxyl groups excluding tert-OH is 1. The lowest BCUT2D eigenvalue weighted by atomic mass is 9.71. The topological polar surface area (TPSA) is 56.7 Å². The van der Waals surface area contributed by atoms with Crippen LogP contribution in [0.15, 0.2) is 36.5 Å². The van der Waals surface area contributed by atoms with E-state index in [9.17, 15) is 18.7 Å². The van der Waals surface area contributed by atoms with Crippen molar-refractivity contribution >= 4 is 11.7 Å². The Hall–Kier alpha value is -2.54. The van der Waals surface area contributed by atoms with Crippen LogP contribution in [0.1, 0.15) is 35.2 Å². The molecule has 1 N–H and O–H groups in total. The summed E-state index contributed by atoms with van der Waals surface area (Å²) < 4.78 is 27.8. The van der Waals surface area contributed by atoms with Gasteiger partial charge in [0.2, 0.25) is 0 Å². The predicted octanol–water partition coefficient (Wildman–Crippen LogP) is 3.16. The fourth-order valence-corrected chi connectivity index (χ4v) is 4.63. The number of aromatic nitrogens is 1. The molecule has 4 rings (SSSR count). The van der Waals surface area contributed by atoms with Crippen LogP contribution in [0.2, 0.25) is 0 Å². The third-order valence-corrected chi connectivity index (χ3v) is 6.22. The molecule has 0 unspecified atom stereocenters. The van der Waals surface area contributed by atoms with E-state index in [2.05, 4.69) is 4.98 Å². The Morgan fingerprint density at radius 2 is 2.03 bits per heavy atom. The van der Waals surface area contributed by atoms with Gasteiger partial charge in [0.25, 0.3) is 5.91 Å². The van der Waals surface area contributed by atoms with E-state index in [1.165, 1.54) is 18.2 Å². The van der Waals surface area contributed by atoms with Gasteiger partial charge in [-0.05, 0) is 62.1 Å². The molecule has 2 aromatic rings. The molecule has 2 aliphatic heterocycles. The minimum absolute atomic E-state index is 0.166. The summed E-state index contributed by atoms with van der Waals surface area (Å²) in [4.78, 5) is 20.8. The monoisotopic (exact) mass is 401 g/mol. The number of benzene rings is 1. The average Bonchev–Trinajstić information content (AvgIpc) is 2.72. The van der Waals surface area contributed by atoms with E-state index in [0.29, 0.717) is 43.7 Å². The van der Waals surface area contributed by atoms with Crippen LogP contribution in [0.3, 0.4) is 0 Å². The summed E-state index contributed by atoms with van der Waals surface area (Å²) in [6, 6.07) is 7.31. The second-order valence-electron chi connectivity index (χ2n) is 8.19. The summed E-state index contributed by atoms with van der Waals surface area (Å²) in [5.74, 6) is -0.603. The maximum atomic E-state index is 14.3. The highest BCUT2D eigenvalue weighted by Gasteiger charge is 2.47. The van der Waals surface area contributed by atoms with E-state index in [4.69, 9.17) is 0 Å². The number of piperidine rings is 2. The third-order valence-electron chi connectivity index (χ3n) is 6.22. The summed E-state index contributed by atoms with van der Waals surface area (Å²) in [7, 11) is 0. The zero-order valence-electron chi connectivity index (χ0n) is 16.4. The fourth-order valence-electron chi connectivity index (χ4n) is 4.63. The molecule has 5 nitrogen and oxygen atoms in total. The van der Waals surface area contributed by atoms with E-state index >= 15 is 0 Å². The van der Waals surface area contributed by atoms with Crippen LogP contribution in [0.4, 0.5) is 14.6 Å². The van der Waals surface area contributed by atoms with Gasteiger partial charge >= 0.3 is 0 Å². The first kappa shape index (κ1) is 19.8. The third kappa shape index (κ3) is 3.71. The van der Waals surface area contributed by atoms with E-state index < -0.39 is 11.5 Å². The smallest absolute Gasteiger partial charge is 0.253 e. The maximum absolute atomic E-state index is 14.3. The number of hydrogen-bond acceptors (Lipinski definition) is 4. The van der Waals surface area contributed by atoms with Gasteiger partial charge in [-0.25, -0.2) is 13.8 Å². The van der Waals surface area contributed by atoms with Crippen LogP contribution in [0.25, 0.3) is 0 Å². The second kappa shape index (κ2) is 7.71. The Labute approximate surface area is 169 Å². The van der Waals surface area contributed by atoms with Crippen LogP contribution in [-0.2, 0) is 0 Å². The molecule has 0 bridgehead atoms. The van der Waals surface area contributed by atoms with Crippen molar-refractivity contribution in [2.45, 2.75) is 32.3 Å². The molecule has 3 heterocycles. The predicted molar refractivity (Wildman–Crippen MR) is 106 cm³/mol. The molecule has 1 aromatic heterocycles. The Kier molecular flexibility index (Phi) is 5.25. The number of halogens is 2. The molecule has 2 saturated heterocycles. The number of likely N-dealkylation sites (tertiary alicyclic amines) is 1. The van der Waals surface area contributed by atoms with Crippen LogP contribution < -0.4 is 4.90 Å². The quantitative estimate of drug-likeness (QED) is 0.840. The van der Waals surface area contributed by atoms with Crippen LogP contribution >= 0.6 is 0 Å². The number of carbonyl (C=O) groups excluding carboxylic acids is 1.